The second-order valence-electron chi connectivity index (χ2n) is 3.99. The molecule has 3 nitrogen and oxygen atoms in total. The quantitative estimate of drug-likeness (QED) is 0.872. The van der Waals surface area contributed by atoms with Gasteiger partial charge in [-0.05, 0) is 29.8 Å². The lowest BCUT2D eigenvalue weighted by Gasteiger charge is -2.06. The van der Waals surface area contributed by atoms with Crippen LogP contribution in [0.1, 0.15) is 11.1 Å². The molecule has 5 heteroatoms. The summed E-state index contributed by atoms with van der Waals surface area (Å²) >= 11 is 5.99. The molecule has 2 aromatic rings. The van der Waals surface area contributed by atoms with Crippen molar-refractivity contribution in [2.24, 2.45) is 0 Å². The number of benzene rings is 2. The molecule has 0 aliphatic carbocycles. The van der Waals surface area contributed by atoms with Gasteiger partial charge in [0.05, 0.1) is 22.3 Å². The molecule has 96 valence electrons. The zero-order valence-electron chi connectivity index (χ0n) is 9.88. The number of hydrogen-bond acceptors (Lipinski definition) is 3. The Morgan fingerprint density at radius 2 is 1.79 bits per heavy atom. The Bertz CT molecular complexity index is 734. The van der Waals surface area contributed by atoms with Gasteiger partial charge in [-0.3, -0.25) is 0 Å². The zero-order valence-corrected chi connectivity index (χ0v) is 11.4. The number of rotatable bonds is 3. The van der Waals surface area contributed by atoms with Gasteiger partial charge in [0.15, 0.2) is 9.84 Å². The zero-order chi connectivity index (χ0) is 13.9. The summed E-state index contributed by atoms with van der Waals surface area (Å²) in [4.78, 5) is 0.260. The molecule has 2 aromatic carbocycles. The van der Waals surface area contributed by atoms with Crippen LogP contribution in [0, 0.1) is 11.3 Å². The molecule has 0 saturated carbocycles. The maximum absolute atomic E-state index is 12.2. The Balaban J connectivity index is 2.34. The van der Waals surface area contributed by atoms with E-state index in [1.54, 1.807) is 42.5 Å². The fraction of sp³-hybridized carbons (Fsp3) is 0.0714. The first-order chi connectivity index (χ1) is 9.03. The third-order valence-electron chi connectivity index (χ3n) is 2.63. The largest absolute Gasteiger partial charge is 0.223 e. The van der Waals surface area contributed by atoms with E-state index >= 15 is 0 Å². The van der Waals surface area contributed by atoms with E-state index < -0.39 is 9.84 Å². The fourth-order valence-corrected chi connectivity index (χ4v) is 3.38. The summed E-state index contributed by atoms with van der Waals surface area (Å²) < 4.78 is 24.4. The molecule has 0 N–H and O–H groups in total. The highest BCUT2D eigenvalue weighted by atomic mass is 35.5. The molecule has 0 spiro atoms. The van der Waals surface area contributed by atoms with Crippen molar-refractivity contribution in [2.75, 3.05) is 0 Å². The van der Waals surface area contributed by atoms with Gasteiger partial charge in [-0.25, -0.2) is 8.42 Å². The molecule has 0 saturated heterocycles. The summed E-state index contributed by atoms with van der Waals surface area (Å²) in [5.41, 5.74) is 0.898. The van der Waals surface area contributed by atoms with Gasteiger partial charge in [-0.2, -0.15) is 5.26 Å². The van der Waals surface area contributed by atoms with Crippen LogP contribution >= 0.6 is 11.6 Å². The molecule has 0 aromatic heterocycles. The van der Waals surface area contributed by atoms with Crippen LogP contribution in [0.2, 0.25) is 5.02 Å². The van der Waals surface area contributed by atoms with Crippen LogP contribution in [-0.2, 0) is 15.6 Å². The molecule has 0 aliphatic rings. The molecule has 0 radical (unpaired) electrons. The highest BCUT2D eigenvalue weighted by Gasteiger charge is 2.16. The normalized spacial score (nSPS) is 10.9. The van der Waals surface area contributed by atoms with Crippen LogP contribution in [0.15, 0.2) is 53.4 Å². The third-order valence-corrected chi connectivity index (χ3v) is 4.66. The second kappa shape index (κ2) is 5.43. The summed E-state index contributed by atoms with van der Waals surface area (Å²) in [6, 6.07) is 14.8. The predicted molar refractivity (Wildman–Crippen MR) is 73.5 cm³/mol. The SMILES string of the molecule is N#Cc1ccc(CS(=O)(=O)c2ccccc2)c(Cl)c1. The number of sulfone groups is 1. The Morgan fingerprint density at radius 1 is 1.11 bits per heavy atom. The number of hydrogen-bond donors (Lipinski definition) is 0. The van der Waals surface area contributed by atoms with Crippen LogP contribution < -0.4 is 0 Å². The molecule has 0 unspecified atom stereocenters. The minimum absolute atomic E-state index is 0.179. The van der Waals surface area contributed by atoms with Crippen LogP contribution in [-0.4, -0.2) is 8.42 Å². The Kier molecular flexibility index (Phi) is 3.89. The lowest BCUT2D eigenvalue weighted by atomic mass is 10.2. The standard InChI is InChI=1S/C14H10ClNO2S/c15-14-8-11(9-16)6-7-12(14)10-19(17,18)13-4-2-1-3-5-13/h1-8H,10H2. The average Bonchev–Trinajstić information content (AvgIpc) is 2.42. The number of nitrogens with zero attached hydrogens (tertiary/aromatic N) is 1. The van der Waals surface area contributed by atoms with Crippen LogP contribution in [0.4, 0.5) is 0 Å². The molecular weight excluding hydrogens is 282 g/mol. The number of halogens is 1. The van der Waals surface area contributed by atoms with Crippen molar-refractivity contribution in [1.82, 2.24) is 0 Å². The lowest BCUT2D eigenvalue weighted by molar-refractivity contribution is 0.595. The first-order valence-corrected chi connectivity index (χ1v) is 7.52. The maximum Gasteiger partial charge on any atom is 0.182 e. The van der Waals surface area contributed by atoms with Gasteiger partial charge in [0.2, 0.25) is 0 Å². The summed E-state index contributed by atoms with van der Waals surface area (Å²) in [7, 11) is -3.42. The van der Waals surface area contributed by atoms with Crippen molar-refractivity contribution in [3.05, 3.63) is 64.7 Å². The molecule has 0 fully saturated rings. The monoisotopic (exact) mass is 291 g/mol. The predicted octanol–water partition coefficient (Wildman–Crippen LogP) is 3.19. The van der Waals surface area contributed by atoms with Gasteiger partial charge in [-0.15, -0.1) is 0 Å². The highest BCUT2D eigenvalue weighted by molar-refractivity contribution is 7.90. The van der Waals surface area contributed by atoms with Crippen molar-refractivity contribution >= 4 is 21.4 Å². The van der Waals surface area contributed by atoms with Gasteiger partial charge in [0.25, 0.3) is 0 Å². The third kappa shape index (κ3) is 3.14. The number of nitriles is 1. The lowest BCUT2D eigenvalue weighted by Crippen LogP contribution is -2.05. The molecule has 2 rings (SSSR count). The molecule has 0 aliphatic heterocycles. The van der Waals surface area contributed by atoms with E-state index in [0.29, 0.717) is 16.1 Å². The average molecular weight is 292 g/mol. The van der Waals surface area contributed by atoms with Crippen LogP contribution in [0.25, 0.3) is 0 Å². The van der Waals surface area contributed by atoms with E-state index in [1.807, 2.05) is 6.07 Å². The second-order valence-corrected chi connectivity index (χ2v) is 6.39. The molecule has 0 bridgehead atoms. The van der Waals surface area contributed by atoms with E-state index in [2.05, 4.69) is 0 Å². The van der Waals surface area contributed by atoms with Crippen molar-refractivity contribution in [2.45, 2.75) is 10.6 Å². The van der Waals surface area contributed by atoms with Gasteiger partial charge >= 0.3 is 0 Å². The summed E-state index contributed by atoms with van der Waals surface area (Å²) in [6.45, 7) is 0. The summed E-state index contributed by atoms with van der Waals surface area (Å²) in [5, 5.41) is 9.03. The minimum atomic E-state index is -3.42. The van der Waals surface area contributed by atoms with Crippen molar-refractivity contribution < 1.29 is 8.42 Å². The van der Waals surface area contributed by atoms with E-state index in [-0.39, 0.29) is 10.6 Å². The van der Waals surface area contributed by atoms with E-state index in [0.717, 1.165) is 0 Å². The van der Waals surface area contributed by atoms with Crippen molar-refractivity contribution in [3.8, 4) is 6.07 Å². The van der Waals surface area contributed by atoms with Crippen LogP contribution in [0.5, 0.6) is 0 Å². The van der Waals surface area contributed by atoms with E-state index in [1.165, 1.54) is 6.07 Å². The summed E-state index contributed by atoms with van der Waals surface area (Å²) in [6.07, 6.45) is 0. The minimum Gasteiger partial charge on any atom is -0.223 e. The van der Waals surface area contributed by atoms with Crippen LogP contribution in [0.3, 0.4) is 0 Å². The topological polar surface area (TPSA) is 57.9 Å². The smallest absolute Gasteiger partial charge is 0.182 e. The first-order valence-electron chi connectivity index (χ1n) is 5.49. The molecular formula is C14H10ClNO2S. The van der Waals surface area contributed by atoms with Gasteiger partial charge in [0.1, 0.15) is 0 Å². The van der Waals surface area contributed by atoms with Crippen molar-refractivity contribution in [1.29, 1.82) is 5.26 Å². The highest BCUT2D eigenvalue weighted by Crippen LogP contribution is 2.23. The van der Waals surface area contributed by atoms with Gasteiger partial charge in [0, 0.05) is 5.02 Å². The first kappa shape index (κ1) is 13.6. The Labute approximate surface area is 117 Å². The Hall–Kier alpha value is -1.83. The molecule has 0 atom stereocenters. The Morgan fingerprint density at radius 3 is 2.37 bits per heavy atom. The molecule has 0 amide bonds. The maximum atomic E-state index is 12.2. The van der Waals surface area contributed by atoms with E-state index in [9.17, 15) is 8.42 Å². The van der Waals surface area contributed by atoms with E-state index in [4.69, 9.17) is 16.9 Å². The summed E-state index contributed by atoms with van der Waals surface area (Å²) in [5.74, 6) is -0.179. The van der Waals surface area contributed by atoms with Gasteiger partial charge in [-0.1, -0.05) is 35.9 Å². The molecule has 0 heterocycles. The van der Waals surface area contributed by atoms with Crippen molar-refractivity contribution in [3.63, 3.8) is 0 Å². The molecule has 19 heavy (non-hydrogen) atoms. The van der Waals surface area contributed by atoms with Gasteiger partial charge < -0.3 is 0 Å². The fourth-order valence-electron chi connectivity index (χ4n) is 1.65.